The number of nitrogens with zero attached hydrogens (tertiary/aromatic N) is 1. The molecule has 0 radical (unpaired) electrons. The van der Waals surface area contributed by atoms with Crippen LogP contribution in [-0.2, 0) is 10.3 Å². The Labute approximate surface area is 128 Å². The second-order valence-electron chi connectivity index (χ2n) is 6.15. The molecule has 1 aromatic carbocycles. The molecule has 0 fully saturated rings. The molecule has 0 aliphatic heterocycles. The molecule has 0 aliphatic carbocycles. The first-order chi connectivity index (χ1) is 9.92. The van der Waals surface area contributed by atoms with Crippen LogP contribution in [0.4, 0.5) is 0 Å². The number of amides is 1. The molecule has 0 spiro atoms. The van der Waals surface area contributed by atoms with Crippen molar-refractivity contribution < 1.29 is 4.79 Å². The maximum absolute atomic E-state index is 12.3. The van der Waals surface area contributed by atoms with E-state index in [0.29, 0.717) is 12.5 Å². The highest BCUT2D eigenvalue weighted by Gasteiger charge is 2.38. The summed E-state index contributed by atoms with van der Waals surface area (Å²) in [6.07, 6.45) is 0.954. The van der Waals surface area contributed by atoms with E-state index in [9.17, 15) is 4.79 Å². The van der Waals surface area contributed by atoms with Gasteiger partial charge in [-0.15, -0.1) is 0 Å². The maximum atomic E-state index is 12.3. The van der Waals surface area contributed by atoms with Gasteiger partial charge >= 0.3 is 0 Å². The Balaban J connectivity index is 3.10. The van der Waals surface area contributed by atoms with Crippen molar-refractivity contribution in [3.63, 3.8) is 0 Å². The fraction of sp³-hybridized carbons (Fsp3) is 0.588. The average Bonchev–Trinajstić information content (AvgIpc) is 2.43. The average molecular weight is 291 g/mol. The topological polar surface area (TPSA) is 58.4 Å². The number of likely N-dealkylation sites (N-methyl/N-ethyl adjacent to an activating group) is 1. The second-order valence-corrected chi connectivity index (χ2v) is 6.15. The molecular weight excluding hydrogens is 262 g/mol. The number of rotatable bonds is 9. The number of nitrogens with one attached hydrogen (secondary N) is 1. The van der Waals surface area contributed by atoms with E-state index in [0.717, 1.165) is 25.1 Å². The lowest BCUT2D eigenvalue weighted by atomic mass is 9.88. The molecule has 3 N–H and O–H groups in total. The van der Waals surface area contributed by atoms with Crippen molar-refractivity contribution in [2.45, 2.75) is 32.7 Å². The highest BCUT2D eigenvalue weighted by atomic mass is 16.1. The van der Waals surface area contributed by atoms with Crippen molar-refractivity contribution >= 4 is 5.91 Å². The number of primary amides is 1. The van der Waals surface area contributed by atoms with Gasteiger partial charge in [0.25, 0.3) is 0 Å². The fourth-order valence-corrected chi connectivity index (χ4v) is 2.71. The molecule has 0 saturated heterocycles. The summed E-state index contributed by atoms with van der Waals surface area (Å²) in [7, 11) is 2.04. The molecule has 0 aliphatic rings. The Bertz CT molecular complexity index is 433. The minimum absolute atomic E-state index is 0.322. The van der Waals surface area contributed by atoms with Gasteiger partial charge in [-0.05, 0) is 31.5 Å². The first-order valence-corrected chi connectivity index (χ1v) is 7.71. The summed E-state index contributed by atoms with van der Waals surface area (Å²) >= 11 is 0. The Morgan fingerprint density at radius 2 is 1.95 bits per heavy atom. The SMILES string of the molecule is CCCNC(CN(C)CC(C)C)(C(N)=O)c1ccccc1. The molecule has 1 unspecified atom stereocenters. The number of benzene rings is 1. The molecule has 1 amide bonds. The van der Waals surface area contributed by atoms with Gasteiger partial charge in [0.05, 0.1) is 0 Å². The predicted octanol–water partition coefficient (Wildman–Crippen LogP) is 1.95. The molecule has 4 heteroatoms. The maximum Gasteiger partial charge on any atom is 0.243 e. The Kier molecular flexibility index (Phi) is 6.85. The van der Waals surface area contributed by atoms with E-state index in [1.165, 1.54) is 0 Å². The zero-order valence-electron chi connectivity index (χ0n) is 13.7. The van der Waals surface area contributed by atoms with Crippen molar-refractivity contribution in [3.8, 4) is 0 Å². The monoisotopic (exact) mass is 291 g/mol. The van der Waals surface area contributed by atoms with Crippen LogP contribution in [0.25, 0.3) is 0 Å². The van der Waals surface area contributed by atoms with Gasteiger partial charge in [-0.3, -0.25) is 10.1 Å². The minimum atomic E-state index is -0.832. The van der Waals surface area contributed by atoms with E-state index in [2.05, 4.69) is 31.0 Å². The third-order valence-corrected chi connectivity index (χ3v) is 3.55. The van der Waals surface area contributed by atoms with Crippen LogP contribution < -0.4 is 11.1 Å². The van der Waals surface area contributed by atoms with Crippen molar-refractivity contribution in [1.82, 2.24) is 10.2 Å². The van der Waals surface area contributed by atoms with Crippen LogP contribution in [-0.4, -0.2) is 37.5 Å². The first-order valence-electron chi connectivity index (χ1n) is 7.71. The third-order valence-electron chi connectivity index (χ3n) is 3.55. The van der Waals surface area contributed by atoms with Gasteiger partial charge in [0.15, 0.2) is 0 Å². The summed E-state index contributed by atoms with van der Waals surface area (Å²) in [6.45, 7) is 8.68. The lowest BCUT2D eigenvalue weighted by molar-refractivity contribution is -0.125. The van der Waals surface area contributed by atoms with E-state index in [1.807, 2.05) is 37.4 Å². The highest BCUT2D eigenvalue weighted by molar-refractivity contribution is 5.86. The molecular formula is C17H29N3O. The minimum Gasteiger partial charge on any atom is -0.368 e. The van der Waals surface area contributed by atoms with Crippen molar-refractivity contribution in [3.05, 3.63) is 35.9 Å². The Morgan fingerprint density at radius 1 is 1.33 bits per heavy atom. The quantitative estimate of drug-likeness (QED) is 0.731. The van der Waals surface area contributed by atoms with E-state index in [1.54, 1.807) is 0 Å². The molecule has 0 aromatic heterocycles. The molecule has 0 heterocycles. The van der Waals surface area contributed by atoms with Gasteiger partial charge in [-0.1, -0.05) is 51.1 Å². The van der Waals surface area contributed by atoms with Crippen LogP contribution in [0, 0.1) is 5.92 Å². The molecule has 1 rings (SSSR count). The van der Waals surface area contributed by atoms with Crippen LogP contribution in [0.1, 0.15) is 32.8 Å². The van der Waals surface area contributed by atoms with Gasteiger partial charge < -0.3 is 10.6 Å². The summed E-state index contributed by atoms with van der Waals surface area (Å²) < 4.78 is 0. The first kappa shape index (κ1) is 17.7. The van der Waals surface area contributed by atoms with Crippen molar-refractivity contribution in [1.29, 1.82) is 0 Å². The van der Waals surface area contributed by atoms with E-state index < -0.39 is 5.54 Å². The lowest BCUT2D eigenvalue weighted by Gasteiger charge is -2.36. The number of carbonyl (C=O) groups is 1. The highest BCUT2D eigenvalue weighted by Crippen LogP contribution is 2.22. The third kappa shape index (κ3) is 4.83. The smallest absolute Gasteiger partial charge is 0.243 e. The van der Waals surface area contributed by atoms with Gasteiger partial charge in [-0.2, -0.15) is 0 Å². The summed E-state index contributed by atoms with van der Waals surface area (Å²) in [6, 6.07) is 9.78. The van der Waals surface area contributed by atoms with Crippen molar-refractivity contribution in [2.75, 3.05) is 26.7 Å². The standard InChI is InChI=1S/C17H29N3O/c1-5-11-19-17(16(18)21,13-20(4)12-14(2)3)15-9-7-6-8-10-15/h6-10,14,19H,5,11-13H2,1-4H3,(H2,18,21). The van der Waals surface area contributed by atoms with E-state index in [-0.39, 0.29) is 5.91 Å². The molecule has 4 nitrogen and oxygen atoms in total. The van der Waals surface area contributed by atoms with Crippen LogP contribution >= 0.6 is 0 Å². The van der Waals surface area contributed by atoms with Crippen LogP contribution in [0.3, 0.4) is 0 Å². The predicted molar refractivity (Wildman–Crippen MR) is 87.9 cm³/mol. The zero-order valence-corrected chi connectivity index (χ0v) is 13.7. The molecule has 1 atom stereocenters. The van der Waals surface area contributed by atoms with Gasteiger partial charge in [0.2, 0.25) is 5.91 Å². The van der Waals surface area contributed by atoms with E-state index in [4.69, 9.17) is 5.73 Å². The van der Waals surface area contributed by atoms with Crippen LogP contribution in [0.15, 0.2) is 30.3 Å². The van der Waals surface area contributed by atoms with Crippen LogP contribution in [0.2, 0.25) is 0 Å². The second kappa shape index (κ2) is 8.15. The largest absolute Gasteiger partial charge is 0.368 e. The molecule has 1 aromatic rings. The molecule has 0 saturated carbocycles. The number of hydrogen-bond donors (Lipinski definition) is 2. The Hall–Kier alpha value is -1.39. The van der Waals surface area contributed by atoms with Crippen molar-refractivity contribution in [2.24, 2.45) is 11.7 Å². The van der Waals surface area contributed by atoms with E-state index >= 15 is 0 Å². The fourth-order valence-electron chi connectivity index (χ4n) is 2.71. The van der Waals surface area contributed by atoms with Crippen LogP contribution in [0.5, 0.6) is 0 Å². The summed E-state index contributed by atoms with van der Waals surface area (Å²) in [5.74, 6) is 0.222. The number of nitrogens with two attached hydrogens (primary N) is 1. The molecule has 21 heavy (non-hydrogen) atoms. The number of carbonyl (C=O) groups excluding carboxylic acids is 1. The summed E-state index contributed by atoms with van der Waals surface area (Å²) in [5, 5.41) is 3.39. The molecule has 118 valence electrons. The van der Waals surface area contributed by atoms with Gasteiger partial charge in [-0.25, -0.2) is 0 Å². The lowest BCUT2D eigenvalue weighted by Crippen LogP contribution is -2.59. The number of hydrogen-bond acceptors (Lipinski definition) is 3. The summed E-state index contributed by atoms with van der Waals surface area (Å²) in [4.78, 5) is 14.5. The van der Waals surface area contributed by atoms with Gasteiger partial charge in [0.1, 0.15) is 5.54 Å². The van der Waals surface area contributed by atoms with Gasteiger partial charge in [0, 0.05) is 13.1 Å². The zero-order chi connectivity index (χ0) is 15.9. The normalized spacial score (nSPS) is 14.4. The summed E-state index contributed by atoms with van der Waals surface area (Å²) in [5.41, 5.74) is 5.90. The molecule has 0 bridgehead atoms. The Morgan fingerprint density at radius 3 is 2.43 bits per heavy atom.